The predicted octanol–water partition coefficient (Wildman–Crippen LogP) is 3.79. The van der Waals surface area contributed by atoms with E-state index in [4.69, 9.17) is 0 Å². The average molecular weight is 397 g/mol. The van der Waals surface area contributed by atoms with Gasteiger partial charge in [-0.25, -0.2) is 4.98 Å². The summed E-state index contributed by atoms with van der Waals surface area (Å²) < 4.78 is 1.43. The van der Waals surface area contributed by atoms with Crippen molar-refractivity contribution >= 4 is 38.8 Å². The zero-order chi connectivity index (χ0) is 19.8. The summed E-state index contributed by atoms with van der Waals surface area (Å²) in [5.74, 6) is 0.591. The van der Waals surface area contributed by atoms with E-state index in [0.717, 1.165) is 24.7 Å². The third-order valence-electron chi connectivity index (χ3n) is 5.49. The van der Waals surface area contributed by atoms with Crippen LogP contribution in [-0.2, 0) is 7.05 Å². The second-order valence-corrected chi connectivity index (χ2v) is 8.57. The Kier molecular flexibility index (Phi) is 4.93. The molecule has 3 heterocycles. The Labute approximate surface area is 167 Å². The molecule has 28 heavy (non-hydrogen) atoms. The van der Waals surface area contributed by atoms with Crippen molar-refractivity contribution in [3.05, 3.63) is 51.4 Å². The molecule has 1 amide bonds. The largest absolute Gasteiger partial charge is 0.372 e. The van der Waals surface area contributed by atoms with E-state index in [-0.39, 0.29) is 11.5 Å². The maximum Gasteiger partial charge on any atom is 0.266 e. The average Bonchev–Trinajstić information content (AvgIpc) is 3.03. The number of nitrogens with zero attached hydrogens (tertiary/aromatic N) is 3. The lowest BCUT2D eigenvalue weighted by molar-refractivity contribution is 0.103. The molecular formula is C21H24N4O2S. The molecule has 146 valence electrons. The normalized spacial score (nSPS) is 15.2. The lowest BCUT2D eigenvalue weighted by Gasteiger charge is -2.32. The molecular weight excluding hydrogens is 372 g/mol. The van der Waals surface area contributed by atoms with Crippen LogP contribution in [0.15, 0.2) is 35.4 Å². The molecule has 4 rings (SSSR count). The highest BCUT2D eigenvalue weighted by molar-refractivity contribution is 7.20. The molecule has 0 aliphatic carbocycles. The van der Waals surface area contributed by atoms with Crippen LogP contribution in [0.1, 0.15) is 35.0 Å². The second kappa shape index (κ2) is 7.39. The fourth-order valence-corrected chi connectivity index (χ4v) is 4.67. The highest BCUT2D eigenvalue weighted by Crippen LogP contribution is 2.28. The van der Waals surface area contributed by atoms with Crippen molar-refractivity contribution < 1.29 is 4.79 Å². The van der Waals surface area contributed by atoms with Crippen LogP contribution < -0.4 is 15.8 Å². The number of benzene rings is 1. The number of fused-ring (bicyclic) bond motifs is 1. The third-order valence-corrected chi connectivity index (χ3v) is 6.69. The van der Waals surface area contributed by atoms with Crippen molar-refractivity contribution in [3.63, 3.8) is 0 Å². The molecule has 0 radical (unpaired) electrons. The van der Waals surface area contributed by atoms with Crippen molar-refractivity contribution in [2.75, 3.05) is 23.3 Å². The first-order valence-corrected chi connectivity index (χ1v) is 10.4. The second-order valence-electron chi connectivity index (χ2n) is 7.57. The SMILES string of the molecule is Cc1c(C(=O)Nc2ccc(N3CCC(C)CC3)cc2)sc2ncn(C)c(=O)c12. The standard InChI is InChI=1S/C21H24N4O2S/c1-13-8-10-25(11-9-13)16-6-4-15(5-7-16)23-19(26)18-14(2)17-20(28-18)22-12-24(3)21(17)27/h4-7,12-13H,8-11H2,1-3H3,(H,23,26). The summed E-state index contributed by atoms with van der Waals surface area (Å²) in [4.78, 5) is 32.9. The summed E-state index contributed by atoms with van der Waals surface area (Å²) in [6, 6.07) is 7.98. The minimum atomic E-state index is -0.206. The van der Waals surface area contributed by atoms with Gasteiger partial charge in [0.1, 0.15) is 4.83 Å². The fourth-order valence-electron chi connectivity index (χ4n) is 3.64. The molecule has 1 N–H and O–H groups in total. The Balaban J connectivity index is 1.52. The van der Waals surface area contributed by atoms with Gasteiger partial charge in [-0.1, -0.05) is 6.92 Å². The molecule has 0 spiro atoms. The molecule has 3 aromatic rings. The Morgan fingerprint density at radius 2 is 1.89 bits per heavy atom. The van der Waals surface area contributed by atoms with Gasteiger partial charge >= 0.3 is 0 Å². The summed E-state index contributed by atoms with van der Waals surface area (Å²) in [5, 5.41) is 3.47. The number of aryl methyl sites for hydroxylation is 2. The smallest absolute Gasteiger partial charge is 0.266 e. The molecule has 1 aliphatic heterocycles. The van der Waals surface area contributed by atoms with Gasteiger partial charge in [-0.2, -0.15) is 0 Å². The van der Waals surface area contributed by atoms with Crippen LogP contribution in [-0.4, -0.2) is 28.5 Å². The Morgan fingerprint density at radius 1 is 1.21 bits per heavy atom. The Morgan fingerprint density at radius 3 is 2.57 bits per heavy atom. The first-order valence-electron chi connectivity index (χ1n) is 9.55. The zero-order valence-corrected chi connectivity index (χ0v) is 17.2. The van der Waals surface area contributed by atoms with Gasteiger partial charge in [0.2, 0.25) is 0 Å². The minimum absolute atomic E-state index is 0.127. The fraction of sp³-hybridized carbons (Fsp3) is 0.381. The van der Waals surface area contributed by atoms with E-state index in [1.54, 1.807) is 14.0 Å². The lowest BCUT2D eigenvalue weighted by Crippen LogP contribution is -2.32. The number of amides is 1. The lowest BCUT2D eigenvalue weighted by atomic mass is 9.99. The van der Waals surface area contributed by atoms with E-state index in [2.05, 4.69) is 34.3 Å². The van der Waals surface area contributed by atoms with Crippen molar-refractivity contribution in [1.29, 1.82) is 0 Å². The number of hydrogen-bond donors (Lipinski definition) is 1. The van der Waals surface area contributed by atoms with Gasteiger partial charge in [-0.15, -0.1) is 11.3 Å². The number of anilines is 2. The molecule has 0 atom stereocenters. The monoisotopic (exact) mass is 396 g/mol. The van der Waals surface area contributed by atoms with Gasteiger partial charge < -0.3 is 14.8 Å². The number of thiophene rings is 1. The molecule has 1 saturated heterocycles. The van der Waals surface area contributed by atoms with Gasteiger partial charge in [-0.05, 0) is 55.5 Å². The molecule has 2 aromatic heterocycles. The first-order chi connectivity index (χ1) is 13.4. The van der Waals surface area contributed by atoms with Crippen molar-refractivity contribution in [3.8, 4) is 0 Å². The van der Waals surface area contributed by atoms with Gasteiger partial charge in [0.15, 0.2) is 0 Å². The maximum atomic E-state index is 12.8. The summed E-state index contributed by atoms with van der Waals surface area (Å²) in [6.07, 6.45) is 3.93. The predicted molar refractivity (Wildman–Crippen MR) is 115 cm³/mol. The van der Waals surface area contributed by atoms with E-state index in [9.17, 15) is 9.59 Å². The first kappa shape index (κ1) is 18.7. The summed E-state index contributed by atoms with van der Waals surface area (Å²) >= 11 is 1.26. The third kappa shape index (κ3) is 3.42. The van der Waals surface area contributed by atoms with Gasteiger partial charge in [0, 0.05) is 31.5 Å². The van der Waals surface area contributed by atoms with Gasteiger partial charge in [0.25, 0.3) is 11.5 Å². The highest BCUT2D eigenvalue weighted by atomic mass is 32.1. The van der Waals surface area contributed by atoms with E-state index in [0.29, 0.717) is 20.7 Å². The van der Waals surface area contributed by atoms with Gasteiger partial charge in [-0.3, -0.25) is 9.59 Å². The van der Waals surface area contributed by atoms with Crippen LogP contribution >= 0.6 is 11.3 Å². The van der Waals surface area contributed by atoms with Crippen LogP contribution in [0.25, 0.3) is 10.2 Å². The molecule has 6 nitrogen and oxygen atoms in total. The molecule has 0 unspecified atom stereocenters. The van der Waals surface area contributed by atoms with E-state index < -0.39 is 0 Å². The molecule has 0 saturated carbocycles. The molecule has 1 aromatic carbocycles. The number of piperidine rings is 1. The van der Waals surface area contributed by atoms with Gasteiger partial charge in [0.05, 0.1) is 16.6 Å². The van der Waals surface area contributed by atoms with E-state index >= 15 is 0 Å². The summed E-state index contributed by atoms with van der Waals surface area (Å²) in [6.45, 7) is 6.26. The van der Waals surface area contributed by atoms with Crippen LogP contribution in [0.5, 0.6) is 0 Å². The molecule has 1 fully saturated rings. The molecule has 0 bridgehead atoms. The summed E-state index contributed by atoms with van der Waals surface area (Å²) in [7, 11) is 1.66. The van der Waals surface area contributed by atoms with Crippen LogP contribution in [0.3, 0.4) is 0 Å². The Hall–Kier alpha value is -2.67. The van der Waals surface area contributed by atoms with Crippen molar-refractivity contribution in [2.45, 2.75) is 26.7 Å². The van der Waals surface area contributed by atoms with Crippen molar-refractivity contribution in [2.24, 2.45) is 13.0 Å². The number of hydrogen-bond acceptors (Lipinski definition) is 5. The van der Waals surface area contributed by atoms with Crippen molar-refractivity contribution in [1.82, 2.24) is 9.55 Å². The number of carbonyl (C=O) groups excluding carboxylic acids is 1. The van der Waals surface area contributed by atoms with Crippen LogP contribution in [0, 0.1) is 12.8 Å². The van der Waals surface area contributed by atoms with Crippen LogP contribution in [0.4, 0.5) is 11.4 Å². The highest BCUT2D eigenvalue weighted by Gasteiger charge is 2.20. The number of rotatable bonds is 3. The number of nitrogens with one attached hydrogen (secondary N) is 1. The summed E-state index contributed by atoms with van der Waals surface area (Å²) in [5.41, 5.74) is 2.50. The topological polar surface area (TPSA) is 67.2 Å². The molecule has 7 heteroatoms. The quantitative estimate of drug-likeness (QED) is 0.731. The zero-order valence-electron chi connectivity index (χ0n) is 16.4. The number of carbonyl (C=O) groups is 1. The Bertz CT molecular complexity index is 1080. The van der Waals surface area contributed by atoms with E-state index in [1.165, 1.54) is 40.8 Å². The molecule has 1 aliphatic rings. The van der Waals surface area contributed by atoms with E-state index in [1.807, 2.05) is 12.1 Å². The number of aromatic nitrogens is 2. The van der Waals surface area contributed by atoms with Crippen LogP contribution in [0.2, 0.25) is 0 Å². The maximum absolute atomic E-state index is 12.8. The minimum Gasteiger partial charge on any atom is -0.372 e.